The van der Waals surface area contributed by atoms with Crippen molar-refractivity contribution in [2.75, 3.05) is 18.8 Å². The van der Waals surface area contributed by atoms with Crippen molar-refractivity contribution >= 4 is 11.5 Å². The van der Waals surface area contributed by atoms with Crippen LogP contribution in [-0.2, 0) is 0 Å². The van der Waals surface area contributed by atoms with Gasteiger partial charge in [-0.25, -0.2) is 9.50 Å². The Labute approximate surface area is 146 Å². The van der Waals surface area contributed by atoms with Gasteiger partial charge in [0.1, 0.15) is 6.10 Å². The van der Waals surface area contributed by atoms with E-state index in [1.54, 1.807) is 6.20 Å². The molecule has 1 aliphatic rings. The Hall–Kier alpha value is -1.97. The molecule has 0 amide bonds. The average molecular weight is 350 g/mol. The van der Waals surface area contributed by atoms with Crippen molar-refractivity contribution in [1.29, 1.82) is 0 Å². The van der Waals surface area contributed by atoms with Crippen molar-refractivity contribution in [3.8, 4) is 6.01 Å². The lowest BCUT2D eigenvalue weighted by molar-refractivity contribution is -0.0315. The largest absolute Gasteiger partial charge is 0.433 e. The molecule has 2 aromatic heterocycles. The number of unbranched alkanes of at least 4 members (excludes halogenated alkanes) is 1. The van der Waals surface area contributed by atoms with Crippen molar-refractivity contribution in [2.24, 2.45) is 5.92 Å². The van der Waals surface area contributed by atoms with Gasteiger partial charge in [-0.05, 0) is 38.3 Å². The molecule has 25 heavy (non-hydrogen) atoms. The fourth-order valence-corrected chi connectivity index (χ4v) is 3.11. The summed E-state index contributed by atoms with van der Waals surface area (Å²) in [5, 5.41) is 28.2. The summed E-state index contributed by atoms with van der Waals surface area (Å²) in [5.74, 6) is 0.285. The van der Waals surface area contributed by atoms with E-state index in [0.29, 0.717) is 17.8 Å². The molecule has 0 aliphatic carbocycles. The molecule has 1 saturated heterocycles. The second-order valence-electron chi connectivity index (χ2n) is 6.45. The second kappa shape index (κ2) is 7.94. The number of anilines is 1. The maximum Gasteiger partial charge on any atom is 0.338 e. The highest BCUT2D eigenvalue weighted by molar-refractivity contribution is 5.59. The number of hydrogen-bond acceptors (Lipinski definition) is 8. The number of ether oxygens (including phenoxy) is 1. The van der Waals surface area contributed by atoms with Gasteiger partial charge in [-0.3, -0.25) is 0 Å². The van der Waals surface area contributed by atoms with Gasteiger partial charge in [0.2, 0.25) is 6.29 Å². The van der Waals surface area contributed by atoms with E-state index in [0.717, 1.165) is 38.8 Å². The highest BCUT2D eigenvalue weighted by atomic mass is 16.6. The van der Waals surface area contributed by atoms with Crippen LogP contribution in [0.25, 0.3) is 5.65 Å². The first kappa shape index (κ1) is 17.8. The highest BCUT2D eigenvalue weighted by Crippen LogP contribution is 2.29. The van der Waals surface area contributed by atoms with Crippen molar-refractivity contribution in [3.05, 3.63) is 11.9 Å². The molecule has 2 unspecified atom stereocenters. The molecule has 2 aromatic rings. The van der Waals surface area contributed by atoms with E-state index in [1.165, 1.54) is 4.52 Å². The second-order valence-corrected chi connectivity index (χ2v) is 6.45. The van der Waals surface area contributed by atoms with Crippen LogP contribution in [0.3, 0.4) is 0 Å². The molecule has 0 bridgehead atoms. The third kappa shape index (κ3) is 4.00. The quantitative estimate of drug-likeness (QED) is 0.535. The Bertz CT molecular complexity index is 700. The molecule has 1 fully saturated rings. The minimum atomic E-state index is -0.988. The van der Waals surface area contributed by atoms with Crippen molar-refractivity contribution in [3.63, 3.8) is 0 Å². The van der Waals surface area contributed by atoms with Gasteiger partial charge in [-0.15, -0.1) is 5.10 Å². The number of nitrogens with zero attached hydrogens (tertiary/aromatic N) is 4. The maximum atomic E-state index is 10.7. The summed E-state index contributed by atoms with van der Waals surface area (Å²) in [6.45, 7) is 3.80. The molecule has 138 valence electrons. The fraction of sp³-hybridized carbons (Fsp3) is 0.688. The van der Waals surface area contributed by atoms with E-state index < -0.39 is 12.4 Å². The number of fused-ring (bicyclic) bond motifs is 1. The van der Waals surface area contributed by atoms with Crippen molar-refractivity contribution in [2.45, 2.75) is 51.4 Å². The van der Waals surface area contributed by atoms with Crippen LogP contribution in [0.1, 0.15) is 50.8 Å². The van der Waals surface area contributed by atoms with Gasteiger partial charge < -0.3 is 26.0 Å². The van der Waals surface area contributed by atoms with Crippen LogP contribution < -0.4 is 15.8 Å². The van der Waals surface area contributed by atoms with E-state index in [4.69, 9.17) is 10.5 Å². The van der Waals surface area contributed by atoms with E-state index >= 15 is 0 Å². The van der Waals surface area contributed by atoms with Gasteiger partial charge >= 0.3 is 6.01 Å². The van der Waals surface area contributed by atoms with Gasteiger partial charge in [-0.2, -0.15) is 4.98 Å². The Morgan fingerprint density at radius 1 is 1.40 bits per heavy atom. The van der Waals surface area contributed by atoms with Gasteiger partial charge in [0.15, 0.2) is 11.5 Å². The minimum absolute atomic E-state index is 0.0228. The lowest BCUT2D eigenvalue weighted by atomic mass is 9.91. The molecular weight excluding hydrogens is 324 g/mol. The summed E-state index contributed by atoms with van der Waals surface area (Å²) in [6.07, 6.45) is 3.95. The Balaban J connectivity index is 1.84. The van der Waals surface area contributed by atoms with E-state index in [2.05, 4.69) is 20.4 Å². The SMILES string of the molecule is CCCCC(O)Oc1nc(N)c2ncc(C(O)C3CCNCC3)n2n1. The Kier molecular flexibility index (Phi) is 5.67. The lowest BCUT2D eigenvalue weighted by Gasteiger charge is -2.26. The molecule has 3 rings (SSSR count). The third-order valence-corrected chi connectivity index (χ3v) is 4.57. The zero-order valence-corrected chi connectivity index (χ0v) is 14.4. The molecular formula is C16H26N6O3. The predicted molar refractivity (Wildman–Crippen MR) is 91.9 cm³/mol. The first-order valence-corrected chi connectivity index (χ1v) is 8.84. The normalized spacial score (nSPS) is 18.4. The number of nitrogens with two attached hydrogens (primary N) is 1. The first-order chi connectivity index (χ1) is 12.1. The fourth-order valence-electron chi connectivity index (χ4n) is 3.11. The summed E-state index contributed by atoms with van der Waals surface area (Å²) in [5.41, 5.74) is 6.87. The van der Waals surface area contributed by atoms with E-state index in [1.807, 2.05) is 6.92 Å². The minimum Gasteiger partial charge on any atom is -0.433 e. The molecule has 0 radical (unpaired) electrons. The number of aliphatic hydroxyl groups excluding tert-OH is 2. The molecule has 0 saturated carbocycles. The standard InChI is InChI=1S/C16H26N6O3/c1-2-3-4-12(23)25-16-20-14(17)15-19-9-11(22(15)21-16)13(24)10-5-7-18-8-6-10/h9-10,12-13,18,23-24H,2-8H2,1H3,(H2,17,20,21). The van der Waals surface area contributed by atoms with Gasteiger partial charge in [0.05, 0.1) is 11.9 Å². The van der Waals surface area contributed by atoms with Gasteiger partial charge in [0.25, 0.3) is 0 Å². The zero-order valence-electron chi connectivity index (χ0n) is 14.4. The highest BCUT2D eigenvalue weighted by Gasteiger charge is 2.27. The summed E-state index contributed by atoms with van der Waals surface area (Å²) < 4.78 is 6.84. The Morgan fingerprint density at radius 3 is 2.88 bits per heavy atom. The van der Waals surface area contributed by atoms with E-state index in [-0.39, 0.29) is 17.7 Å². The molecule has 3 heterocycles. The molecule has 9 nitrogen and oxygen atoms in total. The van der Waals surface area contributed by atoms with Crippen molar-refractivity contribution in [1.82, 2.24) is 24.9 Å². The Morgan fingerprint density at radius 2 is 2.16 bits per heavy atom. The number of aliphatic hydroxyl groups is 2. The van der Waals surface area contributed by atoms with Crippen LogP contribution in [0.15, 0.2) is 6.20 Å². The van der Waals surface area contributed by atoms with Crippen LogP contribution in [0.2, 0.25) is 0 Å². The maximum absolute atomic E-state index is 10.7. The van der Waals surface area contributed by atoms with Crippen molar-refractivity contribution < 1.29 is 14.9 Å². The average Bonchev–Trinajstić information content (AvgIpc) is 3.04. The number of piperidine rings is 1. The van der Waals surface area contributed by atoms with Crippen LogP contribution in [-0.4, -0.2) is 49.2 Å². The zero-order chi connectivity index (χ0) is 17.8. The lowest BCUT2D eigenvalue weighted by Crippen LogP contribution is -2.31. The predicted octanol–water partition coefficient (Wildman–Crippen LogP) is 0.627. The monoisotopic (exact) mass is 350 g/mol. The summed E-state index contributed by atoms with van der Waals surface area (Å²) in [7, 11) is 0. The van der Waals surface area contributed by atoms with E-state index in [9.17, 15) is 10.2 Å². The number of imidazole rings is 1. The summed E-state index contributed by atoms with van der Waals surface area (Å²) in [6, 6.07) is -0.0228. The number of nitrogen functional groups attached to an aromatic ring is 1. The number of rotatable bonds is 7. The first-order valence-electron chi connectivity index (χ1n) is 8.84. The molecule has 0 aromatic carbocycles. The van der Waals surface area contributed by atoms with Gasteiger partial charge in [-0.1, -0.05) is 13.3 Å². The number of nitrogens with one attached hydrogen (secondary N) is 1. The number of aromatic nitrogens is 4. The molecule has 5 N–H and O–H groups in total. The van der Waals surface area contributed by atoms with Crippen LogP contribution >= 0.6 is 0 Å². The topological polar surface area (TPSA) is 131 Å². The summed E-state index contributed by atoms with van der Waals surface area (Å²) >= 11 is 0. The number of hydrogen-bond donors (Lipinski definition) is 4. The smallest absolute Gasteiger partial charge is 0.338 e. The molecule has 1 aliphatic heterocycles. The molecule has 0 spiro atoms. The van der Waals surface area contributed by atoms with Crippen LogP contribution in [0.4, 0.5) is 5.82 Å². The van der Waals surface area contributed by atoms with Gasteiger partial charge in [0, 0.05) is 6.42 Å². The van der Waals surface area contributed by atoms with Crippen LogP contribution in [0.5, 0.6) is 6.01 Å². The molecule has 2 atom stereocenters. The molecule has 9 heteroatoms. The third-order valence-electron chi connectivity index (χ3n) is 4.57. The van der Waals surface area contributed by atoms with Crippen LogP contribution in [0, 0.1) is 5.92 Å². The summed E-state index contributed by atoms with van der Waals surface area (Å²) in [4.78, 5) is 8.27.